The van der Waals surface area contributed by atoms with E-state index in [1.54, 1.807) is 19.2 Å². The number of ether oxygens (including phenoxy) is 1. The molecule has 3 N–H and O–H groups in total. The van der Waals surface area contributed by atoms with Gasteiger partial charge in [0.1, 0.15) is 17.9 Å². The number of methoxy groups -OCH3 is 1. The minimum atomic E-state index is -2.05. The minimum Gasteiger partial charge on any atom is -0.497 e. The van der Waals surface area contributed by atoms with Gasteiger partial charge >= 0.3 is 0 Å². The standard InChI is InChI=1S/C16H16N3O3P/c1-22-12-4-7-15-14(8-12)16(19-10-18-15)17-9-11-2-5-13(6-3-11)23(20)21/h2-8,10,20-21H,9H2,1H3,(H,17,18,19). The van der Waals surface area contributed by atoms with Gasteiger partial charge in [0.25, 0.3) is 0 Å². The average molecular weight is 329 g/mol. The molecule has 3 aromatic rings. The summed E-state index contributed by atoms with van der Waals surface area (Å²) in [6, 6.07) is 12.8. The number of rotatable bonds is 5. The Labute approximate surface area is 134 Å². The predicted octanol–water partition coefficient (Wildman–Crippen LogP) is 2.17. The molecule has 0 fully saturated rings. The quantitative estimate of drug-likeness (QED) is 0.622. The van der Waals surface area contributed by atoms with Crippen LogP contribution in [-0.2, 0) is 6.54 Å². The van der Waals surface area contributed by atoms with Gasteiger partial charge in [0.05, 0.1) is 12.6 Å². The zero-order chi connectivity index (χ0) is 16.2. The molecule has 0 aliphatic carbocycles. The fraction of sp³-hybridized carbons (Fsp3) is 0.125. The molecule has 1 aromatic heterocycles. The van der Waals surface area contributed by atoms with E-state index in [1.807, 2.05) is 30.3 Å². The van der Waals surface area contributed by atoms with Crippen LogP contribution in [0.2, 0.25) is 0 Å². The third-order valence-electron chi connectivity index (χ3n) is 3.47. The SMILES string of the molecule is COc1ccc2ncnc(NCc3ccc(P(O)O)cc3)c2c1. The number of hydrogen-bond acceptors (Lipinski definition) is 6. The second-order valence-corrected chi connectivity index (χ2v) is 6.01. The Kier molecular flexibility index (Phi) is 4.67. The van der Waals surface area contributed by atoms with Crippen molar-refractivity contribution in [3.8, 4) is 5.75 Å². The van der Waals surface area contributed by atoms with Crippen LogP contribution in [0.15, 0.2) is 48.8 Å². The molecule has 7 heteroatoms. The van der Waals surface area contributed by atoms with Gasteiger partial charge in [-0.15, -0.1) is 0 Å². The third kappa shape index (κ3) is 3.56. The van der Waals surface area contributed by atoms with Crippen molar-refractivity contribution in [2.45, 2.75) is 6.54 Å². The predicted molar refractivity (Wildman–Crippen MR) is 90.9 cm³/mol. The summed E-state index contributed by atoms with van der Waals surface area (Å²) in [6.07, 6.45) is 1.52. The van der Waals surface area contributed by atoms with Gasteiger partial charge in [-0.25, -0.2) is 9.97 Å². The summed E-state index contributed by atoms with van der Waals surface area (Å²) in [5.41, 5.74) is 1.85. The van der Waals surface area contributed by atoms with Crippen LogP contribution in [0.3, 0.4) is 0 Å². The summed E-state index contributed by atoms with van der Waals surface area (Å²) < 4.78 is 5.25. The lowest BCUT2D eigenvalue weighted by molar-refractivity contribution is 0.415. The van der Waals surface area contributed by atoms with Gasteiger partial charge in [-0.2, -0.15) is 0 Å². The van der Waals surface area contributed by atoms with Crippen molar-refractivity contribution < 1.29 is 14.5 Å². The zero-order valence-corrected chi connectivity index (χ0v) is 13.4. The maximum atomic E-state index is 9.17. The number of benzene rings is 2. The van der Waals surface area contributed by atoms with Crippen molar-refractivity contribution in [2.75, 3.05) is 12.4 Å². The van der Waals surface area contributed by atoms with Crippen LogP contribution >= 0.6 is 8.38 Å². The topological polar surface area (TPSA) is 87.5 Å². The summed E-state index contributed by atoms with van der Waals surface area (Å²) >= 11 is 0. The molecule has 0 amide bonds. The fourth-order valence-corrected chi connectivity index (χ4v) is 2.65. The van der Waals surface area contributed by atoms with Crippen LogP contribution in [0.1, 0.15) is 5.56 Å². The normalized spacial score (nSPS) is 11.0. The molecule has 118 valence electrons. The largest absolute Gasteiger partial charge is 0.497 e. The maximum absolute atomic E-state index is 9.17. The molecule has 2 aromatic carbocycles. The first-order valence-corrected chi connectivity index (χ1v) is 8.21. The number of hydrogen-bond donors (Lipinski definition) is 3. The molecule has 0 unspecified atom stereocenters. The highest BCUT2D eigenvalue weighted by Gasteiger charge is 2.06. The lowest BCUT2D eigenvalue weighted by Crippen LogP contribution is -2.05. The first kappa shape index (κ1) is 15.6. The van der Waals surface area contributed by atoms with Crippen molar-refractivity contribution in [1.29, 1.82) is 0 Å². The van der Waals surface area contributed by atoms with Crippen LogP contribution in [0.5, 0.6) is 5.75 Å². The fourth-order valence-electron chi connectivity index (χ4n) is 2.24. The number of aromatic nitrogens is 2. The van der Waals surface area contributed by atoms with E-state index in [-0.39, 0.29) is 0 Å². The number of anilines is 1. The second-order valence-electron chi connectivity index (χ2n) is 4.91. The van der Waals surface area contributed by atoms with Gasteiger partial charge in [-0.05, 0) is 35.9 Å². The van der Waals surface area contributed by atoms with Gasteiger partial charge < -0.3 is 19.8 Å². The van der Waals surface area contributed by atoms with Gasteiger partial charge in [0.2, 0.25) is 0 Å². The Bertz CT molecular complexity index is 809. The maximum Gasteiger partial charge on any atom is 0.199 e. The van der Waals surface area contributed by atoms with Crippen molar-refractivity contribution >= 4 is 30.4 Å². The van der Waals surface area contributed by atoms with Crippen molar-refractivity contribution in [3.63, 3.8) is 0 Å². The van der Waals surface area contributed by atoms with E-state index in [0.717, 1.165) is 28.0 Å². The Balaban J connectivity index is 1.81. The Morgan fingerprint density at radius 3 is 2.57 bits per heavy atom. The molecule has 0 atom stereocenters. The van der Waals surface area contributed by atoms with E-state index < -0.39 is 8.38 Å². The molecular formula is C16H16N3O3P. The molecule has 0 saturated heterocycles. The highest BCUT2D eigenvalue weighted by atomic mass is 31.2. The van der Waals surface area contributed by atoms with Crippen LogP contribution in [0.4, 0.5) is 5.82 Å². The Morgan fingerprint density at radius 2 is 1.87 bits per heavy atom. The van der Waals surface area contributed by atoms with E-state index in [9.17, 15) is 0 Å². The summed E-state index contributed by atoms with van der Waals surface area (Å²) in [4.78, 5) is 26.9. The molecular weight excluding hydrogens is 313 g/mol. The molecule has 1 heterocycles. The lowest BCUT2D eigenvalue weighted by atomic mass is 10.2. The van der Waals surface area contributed by atoms with E-state index in [4.69, 9.17) is 14.5 Å². The van der Waals surface area contributed by atoms with Gasteiger partial charge in [0, 0.05) is 17.2 Å². The highest BCUT2D eigenvalue weighted by molar-refractivity contribution is 7.54. The molecule has 6 nitrogen and oxygen atoms in total. The van der Waals surface area contributed by atoms with E-state index in [0.29, 0.717) is 11.8 Å². The summed E-state index contributed by atoms with van der Waals surface area (Å²) in [5.74, 6) is 1.48. The van der Waals surface area contributed by atoms with Crippen molar-refractivity contribution in [2.24, 2.45) is 0 Å². The number of nitrogens with one attached hydrogen (secondary N) is 1. The summed E-state index contributed by atoms with van der Waals surface area (Å²) in [6.45, 7) is 0.568. The first-order valence-electron chi connectivity index (χ1n) is 6.97. The monoisotopic (exact) mass is 329 g/mol. The Hall–Kier alpha value is -2.27. The van der Waals surface area contributed by atoms with E-state index >= 15 is 0 Å². The smallest absolute Gasteiger partial charge is 0.199 e. The van der Waals surface area contributed by atoms with E-state index in [2.05, 4.69) is 15.3 Å². The lowest BCUT2D eigenvalue weighted by Gasteiger charge is -2.10. The molecule has 0 spiro atoms. The van der Waals surface area contributed by atoms with Gasteiger partial charge in [-0.1, -0.05) is 12.1 Å². The van der Waals surface area contributed by atoms with Crippen LogP contribution in [-0.4, -0.2) is 26.9 Å². The van der Waals surface area contributed by atoms with Gasteiger partial charge in [-0.3, -0.25) is 0 Å². The average Bonchev–Trinajstić information content (AvgIpc) is 2.59. The van der Waals surface area contributed by atoms with Crippen LogP contribution in [0.25, 0.3) is 10.9 Å². The molecule has 0 saturated carbocycles. The van der Waals surface area contributed by atoms with Crippen LogP contribution in [0, 0.1) is 0 Å². The molecule has 0 bridgehead atoms. The van der Waals surface area contributed by atoms with Crippen LogP contribution < -0.4 is 15.4 Å². The van der Waals surface area contributed by atoms with E-state index in [1.165, 1.54) is 6.33 Å². The molecule has 0 radical (unpaired) electrons. The first-order chi connectivity index (χ1) is 11.2. The second kappa shape index (κ2) is 6.87. The minimum absolute atomic E-state index is 0.529. The Morgan fingerprint density at radius 1 is 1.09 bits per heavy atom. The summed E-state index contributed by atoms with van der Waals surface area (Å²) in [5, 5.41) is 4.69. The molecule has 0 aliphatic rings. The molecule has 0 aliphatic heterocycles. The van der Waals surface area contributed by atoms with Crippen molar-refractivity contribution in [3.05, 3.63) is 54.4 Å². The zero-order valence-electron chi connectivity index (χ0n) is 12.5. The van der Waals surface area contributed by atoms with Crippen molar-refractivity contribution in [1.82, 2.24) is 9.97 Å². The third-order valence-corrected chi connectivity index (χ3v) is 4.23. The number of fused-ring (bicyclic) bond motifs is 1. The molecule has 23 heavy (non-hydrogen) atoms. The number of nitrogens with zero attached hydrogens (tertiary/aromatic N) is 2. The molecule has 3 rings (SSSR count). The van der Waals surface area contributed by atoms with Gasteiger partial charge in [0.15, 0.2) is 8.38 Å². The highest BCUT2D eigenvalue weighted by Crippen LogP contribution is 2.25. The summed E-state index contributed by atoms with van der Waals surface area (Å²) in [7, 11) is -0.423.